The van der Waals surface area contributed by atoms with Crippen LogP contribution in [-0.2, 0) is 14.3 Å². The van der Waals surface area contributed by atoms with Crippen LogP contribution in [0.15, 0.2) is 0 Å². The highest BCUT2D eigenvalue weighted by molar-refractivity contribution is 5.78. The third kappa shape index (κ3) is 5.44. The van der Waals surface area contributed by atoms with Crippen molar-refractivity contribution in [1.29, 1.82) is 0 Å². The molecule has 23 heavy (non-hydrogen) atoms. The Balaban J connectivity index is 1.84. The number of nitrogens with zero attached hydrogens (tertiary/aromatic N) is 1. The first-order valence-corrected chi connectivity index (χ1v) is 8.54. The van der Waals surface area contributed by atoms with Gasteiger partial charge in [0.1, 0.15) is 5.60 Å². The van der Waals surface area contributed by atoms with Gasteiger partial charge in [-0.05, 0) is 12.8 Å². The van der Waals surface area contributed by atoms with Crippen LogP contribution >= 0.6 is 0 Å². The number of hydrogen-bond donors (Lipinski definition) is 3. The molecular weight excluding hydrogens is 298 g/mol. The number of morpholine rings is 1. The van der Waals surface area contributed by atoms with E-state index in [4.69, 9.17) is 4.74 Å². The molecule has 0 aromatic heterocycles. The fraction of sp³-hybridized carbons (Fsp3) is 0.875. The summed E-state index contributed by atoms with van der Waals surface area (Å²) in [6.45, 7) is 1.48. The molecule has 3 N–H and O–H groups in total. The maximum atomic E-state index is 12.2. The first kappa shape index (κ1) is 18.2. The van der Waals surface area contributed by atoms with Gasteiger partial charge in [0.05, 0.1) is 26.2 Å². The molecule has 0 aromatic rings. The molecule has 1 aliphatic heterocycles. The van der Waals surface area contributed by atoms with Crippen LogP contribution in [-0.4, -0.2) is 73.4 Å². The zero-order valence-corrected chi connectivity index (χ0v) is 14.0. The average Bonchev–Trinajstić information content (AvgIpc) is 2.55. The zero-order valence-electron chi connectivity index (χ0n) is 14.0. The molecular formula is C16H29N3O4. The lowest BCUT2D eigenvalue weighted by Crippen LogP contribution is -2.57. The Morgan fingerprint density at radius 1 is 1.26 bits per heavy atom. The van der Waals surface area contributed by atoms with E-state index in [-0.39, 0.29) is 31.4 Å². The second-order valence-electron chi connectivity index (χ2n) is 6.65. The fourth-order valence-electron chi connectivity index (χ4n) is 3.42. The minimum Gasteiger partial charge on any atom is -0.393 e. The number of aliphatic hydroxyl groups is 1. The molecule has 0 aromatic carbocycles. The van der Waals surface area contributed by atoms with Crippen molar-refractivity contribution < 1.29 is 19.4 Å². The summed E-state index contributed by atoms with van der Waals surface area (Å²) in [5.74, 6) is -0.154. The number of aliphatic hydroxyl groups excluding tert-OH is 1. The molecule has 1 saturated carbocycles. The Morgan fingerprint density at radius 3 is 2.65 bits per heavy atom. The third-order valence-electron chi connectivity index (χ3n) is 4.71. The Bertz CT molecular complexity index is 412. The van der Waals surface area contributed by atoms with Crippen LogP contribution in [0.1, 0.15) is 38.5 Å². The van der Waals surface area contributed by atoms with Gasteiger partial charge in [-0.1, -0.05) is 19.3 Å². The molecule has 0 bridgehead atoms. The Hall–Kier alpha value is -1.18. The predicted molar refractivity (Wildman–Crippen MR) is 85.9 cm³/mol. The Kier molecular flexibility index (Phi) is 6.80. The van der Waals surface area contributed by atoms with Gasteiger partial charge in [0.15, 0.2) is 0 Å². The maximum Gasteiger partial charge on any atom is 0.234 e. The number of ether oxygens (including phenoxy) is 1. The molecule has 1 saturated heterocycles. The largest absolute Gasteiger partial charge is 0.393 e. The van der Waals surface area contributed by atoms with E-state index >= 15 is 0 Å². The lowest BCUT2D eigenvalue weighted by molar-refractivity contribution is -0.153. The highest BCUT2D eigenvalue weighted by Gasteiger charge is 2.38. The van der Waals surface area contributed by atoms with Gasteiger partial charge in [0.25, 0.3) is 0 Å². The Labute approximate surface area is 137 Å². The van der Waals surface area contributed by atoms with Crippen LogP contribution in [0.2, 0.25) is 0 Å². The van der Waals surface area contributed by atoms with Crippen molar-refractivity contribution in [2.75, 3.05) is 39.9 Å². The summed E-state index contributed by atoms with van der Waals surface area (Å²) in [5.41, 5.74) is -0.913. The highest BCUT2D eigenvalue weighted by atomic mass is 16.5. The van der Waals surface area contributed by atoms with Crippen LogP contribution in [0.5, 0.6) is 0 Å². The first-order valence-electron chi connectivity index (χ1n) is 8.54. The third-order valence-corrected chi connectivity index (χ3v) is 4.71. The van der Waals surface area contributed by atoms with Crippen molar-refractivity contribution in [2.24, 2.45) is 0 Å². The summed E-state index contributed by atoms with van der Waals surface area (Å²) in [4.78, 5) is 25.8. The van der Waals surface area contributed by atoms with Crippen molar-refractivity contribution in [1.82, 2.24) is 15.5 Å². The maximum absolute atomic E-state index is 12.2. The normalized spacial score (nSPS) is 26.7. The lowest BCUT2D eigenvalue weighted by atomic mass is 9.95. The number of rotatable bonds is 6. The highest BCUT2D eigenvalue weighted by Crippen LogP contribution is 2.22. The Morgan fingerprint density at radius 2 is 2.00 bits per heavy atom. The van der Waals surface area contributed by atoms with Crippen molar-refractivity contribution >= 4 is 11.8 Å². The molecule has 7 heteroatoms. The van der Waals surface area contributed by atoms with E-state index in [9.17, 15) is 14.7 Å². The van der Waals surface area contributed by atoms with E-state index in [1.54, 1.807) is 7.05 Å². The predicted octanol–water partition coefficient (Wildman–Crippen LogP) is -0.365. The van der Waals surface area contributed by atoms with Crippen LogP contribution in [0.3, 0.4) is 0 Å². The van der Waals surface area contributed by atoms with Gasteiger partial charge in [-0.15, -0.1) is 0 Å². The van der Waals surface area contributed by atoms with E-state index in [0.29, 0.717) is 25.7 Å². The van der Waals surface area contributed by atoms with Crippen molar-refractivity contribution in [2.45, 2.75) is 50.2 Å². The zero-order chi connectivity index (χ0) is 16.7. The second-order valence-corrected chi connectivity index (χ2v) is 6.65. The molecule has 2 aliphatic rings. The summed E-state index contributed by atoms with van der Waals surface area (Å²) in [6.07, 6.45) is 5.85. The number of carbonyl (C=O) groups is 2. The molecule has 2 fully saturated rings. The average molecular weight is 327 g/mol. The van der Waals surface area contributed by atoms with Crippen LogP contribution in [0, 0.1) is 0 Å². The molecule has 2 amide bonds. The minimum atomic E-state index is -0.913. The molecule has 1 aliphatic carbocycles. The van der Waals surface area contributed by atoms with E-state index in [2.05, 4.69) is 10.6 Å². The quantitative estimate of drug-likeness (QED) is 0.619. The van der Waals surface area contributed by atoms with Crippen LogP contribution in [0.25, 0.3) is 0 Å². The van der Waals surface area contributed by atoms with E-state index in [1.807, 2.05) is 4.90 Å². The molecule has 0 spiro atoms. The van der Waals surface area contributed by atoms with Crippen LogP contribution in [0.4, 0.5) is 0 Å². The van der Waals surface area contributed by atoms with Crippen molar-refractivity contribution in [3.05, 3.63) is 0 Å². The summed E-state index contributed by atoms with van der Waals surface area (Å²) in [6, 6.07) is 0.297. The van der Waals surface area contributed by atoms with Gasteiger partial charge < -0.3 is 20.5 Å². The smallest absolute Gasteiger partial charge is 0.234 e. The second kappa shape index (κ2) is 8.61. The lowest BCUT2D eigenvalue weighted by Gasteiger charge is -2.41. The van der Waals surface area contributed by atoms with Crippen LogP contribution < -0.4 is 10.6 Å². The number of carbonyl (C=O) groups excluding carboxylic acids is 2. The summed E-state index contributed by atoms with van der Waals surface area (Å²) in [5, 5.41) is 15.3. The molecule has 7 nitrogen and oxygen atoms in total. The standard InChI is InChI=1S/C16H29N3O4/c1-17-14(21)9-16(12-20)11-19(7-8-23-16)10-15(22)18-13-5-3-2-4-6-13/h13,20H,2-12H2,1H3,(H,17,21)(H,18,22)/t16-/m1/s1. The molecule has 0 radical (unpaired) electrons. The molecule has 1 heterocycles. The van der Waals surface area contributed by atoms with Crippen molar-refractivity contribution in [3.8, 4) is 0 Å². The van der Waals surface area contributed by atoms with Crippen molar-refractivity contribution in [3.63, 3.8) is 0 Å². The molecule has 2 rings (SSSR count). The topological polar surface area (TPSA) is 90.9 Å². The number of nitrogens with one attached hydrogen (secondary N) is 2. The summed E-state index contributed by atoms with van der Waals surface area (Å²) in [7, 11) is 1.56. The van der Waals surface area contributed by atoms with E-state index < -0.39 is 5.60 Å². The van der Waals surface area contributed by atoms with Gasteiger partial charge in [-0.2, -0.15) is 0 Å². The number of amides is 2. The first-order chi connectivity index (χ1) is 11.1. The summed E-state index contributed by atoms with van der Waals surface area (Å²) >= 11 is 0. The monoisotopic (exact) mass is 327 g/mol. The van der Waals surface area contributed by atoms with Gasteiger partial charge >= 0.3 is 0 Å². The molecule has 0 unspecified atom stereocenters. The van der Waals surface area contributed by atoms with Gasteiger partial charge in [0, 0.05) is 26.2 Å². The fourth-order valence-corrected chi connectivity index (χ4v) is 3.42. The number of hydrogen-bond acceptors (Lipinski definition) is 5. The SMILES string of the molecule is CNC(=O)C[C@]1(CO)CN(CC(=O)NC2CCCCC2)CCO1. The minimum absolute atomic E-state index is 0.0191. The molecule has 132 valence electrons. The van der Waals surface area contributed by atoms with Gasteiger partial charge in [-0.3, -0.25) is 14.5 Å². The van der Waals surface area contributed by atoms with E-state index in [1.165, 1.54) is 19.3 Å². The van der Waals surface area contributed by atoms with Gasteiger partial charge in [0.2, 0.25) is 11.8 Å². The summed E-state index contributed by atoms with van der Waals surface area (Å²) < 4.78 is 5.66. The van der Waals surface area contributed by atoms with Gasteiger partial charge in [-0.25, -0.2) is 0 Å². The van der Waals surface area contributed by atoms with E-state index in [0.717, 1.165) is 12.8 Å². The molecule has 1 atom stereocenters.